The molecule has 2 amide bonds. The van der Waals surface area contributed by atoms with Gasteiger partial charge in [0.25, 0.3) is 5.91 Å². The molecule has 1 atom stereocenters. The predicted octanol–water partition coefficient (Wildman–Crippen LogP) is 3.90. The number of likely N-dealkylation sites (tertiary alicyclic amines) is 1. The molecule has 166 valence electrons. The van der Waals surface area contributed by atoms with Crippen LogP contribution < -0.4 is 5.32 Å². The number of hydrogen-bond donors (Lipinski definition) is 2. The Morgan fingerprint density at radius 2 is 1.91 bits per heavy atom. The van der Waals surface area contributed by atoms with E-state index in [1.807, 2.05) is 19.9 Å². The standard InChI is InChI=1S/C26H30N4O2/c1-4-27-25(32)26(12-13-30(17-26)24(31)23-16-28-29-19(23)3)15-20-6-5-7-22(14-20)21-10-8-18(2)9-11-21/h5-11,14,16H,4,12-13,15,17H2,1-3H3,(H,27,32)(H,28,29)/t26-/m1/s1. The van der Waals surface area contributed by atoms with Gasteiger partial charge in [-0.1, -0.05) is 54.1 Å². The van der Waals surface area contributed by atoms with Crippen molar-refractivity contribution >= 4 is 11.8 Å². The second-order valence-corrected chi connectivity index (χ2v) is 8.77. The molecule has 0 unspecified atom stereocenters. The first kappa shape index (κ1) is 21.8. The zero-order valence-electron chi connectivity index (χ0n) is 18.9. The molecule has 4 rings (SSSR count). The molecule has 2 aromatic carbocycles. The van der Waals surface area contributed by atoms with E-state index >= 15 is 0 Å². The summed E-state index contributed by atoms with van der Waals surface area (Å²) in [5.41, 5.74) is 5.28. The topological polar surface area (TPSA) is 78.1 Å². The van der Waals surface area contributed by atoms with Crippen LogP contribution in [0.5, 0.6) is 0 Å². The van der Waals surface area contributed by atoms with Gasteiger partial charge in [-0.2, -0.15) is 5.10 Å². The number of aryl methyl sites for hydroxylation is 2. The zero-order chi connectivity index (χ0) is 22.7. The molecule has 6 heteroatoms. The minimum atomic E-state index is -0.644. The fourth-order valence-corrected chi connectivity index (χ4v) is 4.54. The van der Waals surface area contributed by atoms with Crippen molar-refractivity contribution in [3.05, 3.63) is 77.1 Å². The summed E-state index contributed by atoms with van der Waals surface area (Å²) in [6.07, 6.45) is 2.79. The van der Waals surface area contributed by atoms with Crippen molar-refractivity contribution in [2.75, 3.05) is 19.6 Å². The number of aromatic nitrogens is 2. The van der Waals surface area contributed by atoms with Gasteiger partial charge in [0, 0.05) is 25.3 Å². The Morgan fingerprint density at radius 3 is 2.59 bits per heavy atom. The molecule has 0 radical (unpaired) electrons. The quantitative estimate of drug-likeness (QED) is 0.623. The molecular weight excluding hydrogens is 400 g/mol. The van der Waals surface area contributed by atoms with Crippen molar-refractivity contribution in [3.63, 3.8) is 0 Å². The maximum Gasteiger partial charge on any atom is 0.257 e. The van der Waals surface area contributed by atoms with Gasteiger partial charge in [0.15, 0.2) is 0 Å². The number of rotatable bonds is 6. The average Bonchev–Trinajstić information content (AvgIpc) is 3.41. The number of carbonyl (C=O) groups is 2. The molecule has 1 saturated heterocycles. The van der Waals surface area contributed by atoms with Crippen molar-refractivity contribution in [2.24, 2.45) is 5.41 Å². The lowest BCUT2D eigenvalue weighted by Crippen LogP contribution is -2.45. The predicted molar refractivity (Wildman–Crippen MR) is 125 cm³/mol. The molecule has 2 N–H and O–H groups in total. The van der Waals surface area contributed by atoms with E-state index in [1.165, 1.54) is 5.56 Å². The monoisotopic (exact) mass is 430 g/mol. The Kier molecular flexibility index (Phi) is 6.12. The van der Waals surface area contributed by atoms with E-state index in [2.05, 4.69) is 64.9 Å². The van der Waals surface area contributed by atoms with E-state index in [0.29, 0.717) is 38.0 Å². The molecular formula is C26H30N4O2. The zero-order valence-corrected chi connectivity index (χ0v) is 18.9. The first-order valence-corrected chi connectivity index (χ1v) is 11.2. The number of nitrogens with one attached hydrogen (secondary N) is 2. The lowest BCUT2D eigenvalue weighted by atomic mass is 9.79. The molecule has 1 aromatic heterocycles. The van der Waals surface area contributed by atoms with Gasteiger partial charge in [-0.15, -0.1) is 0 Å². The summed E-state index contributed by atoms with van der Waals surface area (Å²) < 4.78 is 0. The van der Waals surface area contributed by atoms with Gasteiger partial charge in [-0.05, 0) is 50.3 Å². The Balaban J connectivity index is 1.60. The third-order valence-corrected chi connectivity index (χ3v) is 6.37. The second kappa shape index (κ2) is 8.99. The molecule has 1 aliphatic heterocycles. The van der Waals surface area contributed by atoms with E-state index < -0.39 is 5.41 Å². The summed E-state index contributed by atoms with van der Waals surface area (Å²) in [4.78, 5) is 28.1. The fourth-order valence-electron chi connectivity index (χ4n) is 4.54. The third-order valence-electron chi connectivity index (χ3n) is 6.37. The van der Waals surface area contributed by atoms with Crippen LogP contribution in [0, 0.1) is 19.3 Å². The van der Waals surface area contributed by atoms with Crippen LogP contribution in [0.4, 0.5) is 0 Å². The summed E-state index contributed by atoms with van der Waals surface area (Å²) >= 11 is 0. The minimum absolute atomic E-state index is 0.0138. The highest BCUT2D eigenvalue weighted by molar-refractivity contribution is 5.96. The molecule has 32 heavy (non-hydrogen) atoms. The number of hydrogen-bond acceptors (Lipinski definition) is 3. The highest BCUT2D eigenvalue weighted by Gasteiger charge is 2.46. The highest BCUT2D eigenvalue weighted by Crippen LogP contribution is 2.36. The normalized spacial score (nSPS) is 18.0. The summed E-state index contributed by atoms with van der Waals surface area (Å²) in [5, 5.41) is 9.81. The molecule has 6 nitrogen and oxygen atoms in total. The van der Waals surface area contributed by atoms with Crippen LogP contribution in [0.2, 0.25) is 0 Å². The average molecular weight is 431 g/mol. The van der Waals surface area contributed by atoms with Gasteiger partial charge >= 0.3 is 0 Å². The Bertz CT molecular complexity index is 1120. The van der Waals surface area contributed by atoms with Crippen LogP contribution in [0.25, 0.3) is 11.1 Å². The van der Waals surface area contributed by atoms with E-state index in [9.17, 15) is 9.59 Å². The van der Waals surface area contributed by atoms with Gasteiger partial charge in [0.05, 0.1) is 17.2 Å². The van der Waals surface area contributed by atoms with E-state index in [0.717, 1.165) is 22.4 Å². The maximum absolute atomic E-state index is 13.2. The van der Waals surface area contributed by atoms with Gasteiger partial charge in [0.2, 0.25) is 5.91 Å². The Labute approximate surface area is 189 Å². The van der Waals surface area contributed by atoms with E-state index in [1.54, 1.807) is 11.1 Å². The van der Waals surface area contributed by atoms with Crippen LogP contribution in [-0.2, 0) is 11.2 Å². The molecule has 3 aromatic rings. The second-order valence-electron chi connectivity index (χ2n) is 8.77. The minimum Gasteiger partial charge on any atom is -0.356 e. The largest absolute Gasteiger partial charge is 0.356 e. The maximum atomic E-state index is 13.2. The molecule has 0 saturated carbocycles. The van der Waals surface area contributed by atoms with Crippen molar-refractivity contribution in [3.8, 4) is 11.1 Å². The number of carbonyl (C=O) groups excluding carboxylic acids is 2. The van der Waals surface area contributed by atoms with Gasteiger partial charge in [-0.25, -0.2) is 0 Å². The smallest absolute Gasteiger partial charge is 0.257 e. The SMILES string of the molecule is CCNC(=O)[C@@]1(Cc2cccc(-c3ccc(C)cc3)c2)CCN(C(=O)c2cn[nH]c2C)C1. The lowest BCUT2D eigenvalue weighted by Gasteiger charge is -2.28. The lowest BCUT2D eigenvalue weighted by molar-refractivity contribution is -0.130. The summed E-state index contributed by atoms with van der Waals surface area (Å²) in [6.45, 7) is 7.36. The number of benzene rings is 2. The van der Waals surface area contributed by atoms with Crippen molar-refractivity contribution in [1.82, 2.24) is 20.4 Å². The van der Waals surface area contributed by atoms with Crippen molar-refractivity contribution < 1.29 is 9.59 Å². The molecule has 0 spiro atoms. The number of aromatic amines is 1. The van der Waals surface area contributed by atoms with Crippen LogP contribution in [0.15, 0.2) is 54.7 Å². The van der Waals surface area contributed by atoms with Crippen LogP contribution in [-0.4, -0.2) is 46.5 Å². The Morgan fingerprint density at radius 1 is 1.12 bits per heavy atom. The number of nitrogens with zero attached hydrogens (tertiary/aromatic N) is 2. The highest BCUT2D eigenvalue weighted by atomic mass is 16.2. The summed E-state index contributed by atoms with van der Waals surface area (Å²) in [6, 6.07) is 16.8. The number of H-pyrrole nitrogens is 1. The first-order chi connectivity index (χ1) is 15.4. The first-order valence-electron chi connectivity index (χ1n) is 11.2. The van der Waals surface area contributed by atoms with Gasteiger partial charge in [-0.3, -0.25) is 14.7 Å². The fraction of sp³-hybridized carbons (Fsp3) is 0.346. The van der Waals surface area contributed by atoms with Crippen LogP contribution >= 0.6 is 0 Å². The summed E-state index contributed by atoms with van der Waals surface area (Å²) in [7, 11) is 0. The third kappa shape index (κ3) is 4.31. The van der Waals surface area contributed by atoms with Gasteiger partial charge in [0.1, 0.15) is 0 Å². The van der Waals surface area contributed by atoms with E-state index in [4.69, 9.17) is 0 Å². The molecule has 0 bridgehead atoms. The van der Waals surface area contributed by atoms with E-state index in [-0.39, 0.29) is 11.8 Å². The van der Waals surface area contributed by atoms with Crippen molar-refractivity contribution in [1.29, 1.82) is 0 Å². The van der Waals surface area contributed by atoms with Crippen molar-refractivity contribution in [2.45, 2.75) is 33.6 Å². The molecule has 2 heterocycles. The Hall–Kier alpha value is -3.41. The summed E-state index contributed by atoms with van der Waals surface area (Å²) in [5.74, 6) is -0.0595. The molecule has 1 fully saturated rings. The van der Waals surface area contributed by atoms with Crippen LogP contribution in [0.1, 0.15) is 40.5 Å². The van der Waals surface area contributed by atoms with Crippen LogP contribution in [0.3, 0.4) is 0 Å². The number of amides is 2. The molecule has 1 aliphatic rings. The molecule has 0 aliphatic carbocycles. The van der Waals surface area contributed by atoms with Gasteiger partial charge < -0.3 is 10.2 Å².